The van der Waals surface area contributed by atoms with Gasteiger partial charge in [0.15, 0.2) is 0 Å². The maximum atomic E-state index is 14.0. The van der Waals surface area contributed by atoms with Crippen molar-refractivity contribution in [1.29, 1.82) is 0 Å². The normalized spacial score (nSPS) is 24.6. The van der Waals surface area contributed by atoms with Gasteiger partial charge in [-0.15, -0.1) is 23.2 Å². The summed E-state index contributed by atoms with van der Waals surface area (Å²) in [6.45, 7) is 5.80. The van der Waals surface area contributed by atoms with Crippen molar-refractivity contribution in [1.82, 2.24) is 4.90 Å². The zero-order chi connectivity index (χ0) is 31.0. The van der Waals surface area contributed by atoms with Crippen molar-refractivity contribution in [3.05, 3.63) is 124 Å². The number of likely N-dealkylation sites (tertiary alicyclic amines) is 1. The Morgan fingerprint density at radius 2 is 1.32 bits per heavy atom. The SMILES string of the molecule is Cc1ccc(C(C)C)c(Oc2ccc(NC(=O)CN3C(=O)[C@H]4[C@H](C3=O)C3(Cl)c5ccccc5C4(Cl)c4ccccc43)cc2)c1. The van der Waals surface area contributed by atoms with E-state index in [1.54, 1.807) is 24.3 Å². The van der Waals surface area contributed by atoms with E-state index in [0.29, 0.717) is 17.4 Å². The second kappa shape index (κ2) is 10.2. The number of rotatable bonds is 6. The van der Waals surface area contributed by atoms with Gasteiger partial charge in [-0.1, -0.05) is 74.5 Å². The van der Waals surface area contributed by atoms with E-state index >= 15 is 0 Å². The van der Waals surface area contributed by atoms with Crippen LogP contribution in [0.5, 0.6) is 11.5 Å². The summed E-state index contributed by atoms with van der Waals surface area (Å²) in [7, 11) is 0. The van der Waals surface area contributed by atoms with Crippen LogP contribution in [0, 0.1) is 18.8 Å². The zero-order valence-corrected chi connectivity index (χ0v) is 25.9. The highest BCUT2D eigenvalue weighted by atomic mass is 35.5. The number of imide groups is 1. The molecule has 6 nitrogen and oxygen atoms in total. The minimum absolute atomic E-state index is 0.296. The van der Waals surface area contributed by atoms with Gasteiger partial charge in [0, 0.05) is 5.69 Å². The molecule has 44 heavy (non-hydrogen) atoms. The molecule has 0 saturated carbocycles. The molecule has 3 aliphatic carbocycles. The van der Waals surface area contributed by atoms with Crippen molar-refractivity contribution in [2.75, 3.05) is 11.9 Å². The summed E-state index contributed by atoms with van der Waals surface area (Å²) < 4.78 is 6.16. The number of hydrogen-bond acceptors (Lipinski definition) is 4. The molecule has 2 atom stereocenters. The maximum Gasteiger partial charge on any atom is 0.244 e. The van der Waals surface area contributed by atoms with Crippen LogP contribution in [0.1, 0.15) is 53.1 Å². The van der Waals surface area contributed by atoms with Crippen LogP contribution in [0.4, 0.5) is 5.69 Å². The number of anilines is 1. The molecule has 0 spiro atoms. The summed E-state index contributed by atoms with van der Waals surface area (Å²) >= 11 is 14.9. The van der Waals surface area contributed by atoms with E-state index in [4.69, 9.17) is 27.9 Å². The van der Waals surface area contributed by atoms with E-state index in [2.05, 4.69) is 31.3 Å². The van der Waals surface area contributed by atoms with Gasteiger partial charge in [-0.2, -0.15) is 0 Å². The van der Waals surface area contributed by atoms with Gasteiger partial charge in [0.25, 0.3) is 0 Å². The molecule has 0 unspecified atom stereocenters. The molecule has 4 aliphatic rings. The fourth-order valence-corrected chi connectivity index (χ4v) is 8.26. The second-order valence-electron chi connectivity index (χ2n) is 12.1. The van der Waals surface area contributed by atoms with Crippen molar-refractivity contribution < 1.29 is 19.1 Å². The van der Waals surface area contributed by atoms with E-state index in [1.165, 1.54) is 0 Å². The Balaban J connectivity index is 1.12. The molecule has 4 aromatic carbocycles. The first-order valence-corrected chi connectivity index (χ1v) is 15.4. The number of aryl methyl sites for hydroxylation is 1. The topological polar surface area (TPSA) is 75.7 Å². The van der Waals surface area contributed by atoms with Crippen LogP contribution in [-0.4, -0.2) is 29.2 Å². The summed E-state index contributed by atoms with van der Waals surface area (Å²) in [6.07, 6.45) is 0. The van der Waals surface area contributed by atoms with Crippen molar-refractivity contribution in [2.45, 2.75) is 36.4 Å². The molecule has 8 rings (SSSR count). The van der Waals surface area contributed by atoms with Crippen LogP contribution in [0.25, 0.3) is 0 Å². The Morgan fingerprint density at radius 1 is 0.818 bits per heavy atom. The number of halogens is 2. The number of carbonyl (C=O) groups is 3. The van der Waals surface area contributed by atoms with Crippen LogP contribution in [0.2, 0.25) is 0 Å². The molecule has 8 heteroatoms. The third-order valence-electron chi connectivity index (χ3n) is 9.14. The Bertz CT molecular complexity index is 1730. The average Bonchev–Trinajstić information content (AvgIpc) is 3.27. The van der Waals surface area contributed by atoms with E-state index in [1.807, 2.05) is 61.5 Å². The Morgan fingerprint density at radius 3 is 1.80 bits per heavy atom. The van der Waals surface area contributed by atoms with Gasteiger partial charge in [-0.3, -0.25) is 19.3 Å². The number of nitrogens with one attached hydrogen (secondary N) is 1. The lowest BCUT2D eigenvalue weighted by Crippen LogP contribution is -2.57. The van der Waals surface area contributed by atoms with Crippen LogP contribution in [-0.2, 0) is 24.1 Å². The molecule has 0 aromatic heterocycles. The largest absolute Gasteiger partial charge is 0.457 e. The molecular formula is C36H30Cl2N2O4. The summed E-state index contributed by atoms with van der Waals surface area (Å²) in [5.74, 6) is -1.68. The standard InChI is InChI=1S/C36H30Cl2N2O4/c1-20(2)24-17-12-21(3)18-29(24)44-23-15-13-22(14-16-23)39-30(41)19-40-33(42)31-32(34(40)43)36(38)26-9-5-4-8-25(26)35(31,37)27-10-6-7-11-28(27)36/h4-18,20,31-32H,19H2,1-3H3,(H,39,41)/t31-,32-,35?,36?/m1/s1. The van der Waals surface area contributed by atoms with E-state index in [0.717, 1.165) is 44.0 Å². The van der Waals surface area contributed by atoms with Crippen molar-refractivity contribution >= 4 is 46.6 Å². The maximum absolute atomic E-state index is 14.0. The lowest BCUT2D eigenvalue weighted by molar-refractivity contribution is -0.142. The van der Waals surface area contributed by atoms with Gasteiger partial charge in [-0.25, -0.2) is 0 Å². The lowest BCUT2D eigenvalue weighted by Gasteiger charge is -2.54. The number of amides is 3. The number of hydrogen-bond donors (Lipinski definition) is 1. The van der Waals surface area contributed by atoms with E-state index in [-0.39, 0.29) is 0 Å². The number of nitrogens with zero attached hydrogens (tertiary/aromatic N) is 1. The Kier molecular flexibility index (Phi) is 6.65. The van der Waals surface area contributed by atoms with Gasteiger partial charge >= 0.3 is 0 Å². The van der Waals surface area contributed by atoms with Gasteiger partial charge in [0.1, 0.15) is 27.8 Å². The second-order valence-corrected chi connectivity index (χ2v) is 13.3. The first-order chi connectivity index (χ1) is 21.0. The summed E-state index contributed by atoms with van der Waals surface area (Å²) in [4.78, 5) is 39.6. The van der Waals surface area contributed by atoms with Crippen LogP contribution >= 0.6 is 23.2 Å². The molecule has 0 radical (unpaired) electrons. The van der Waals surface area contributed by atoms with Gasteiger partial charge in [0.05, 0.1) is 11.8 Å². The predicted octanol–water partition coefficient (Wildman–Crippen LogP) is 7.44. The smallest absolute Gasteiger partial charge is 0.244 e. The Labute approximate surface area is 265 Å². The number of carbonyl (C=O) groups excluding carboxylic acids is 3. The molecule has 1 fully saturated rings. The molecule has 1 saturated heterocycles. The van der Waals surface area contributed by atoms with Gasteiger partial charge in [-0.05, 0) is 76.6 Å². The molecule has 4 aromatic rings. The Hall–Kier alpha value is -4.13. The third kappa shape index (κ3) is 4.04. The molecule has 222 valence electrons. The third-order valence-corrected chi connectivity index (χ3v) is 10.4. The number of benzene rings is 4. The fourth-order valence-electron chi connectivity index (χ4n) is 7.16. The number of alkyl halides is 2. The molecule has 1 heterocycles. The predicted molar refractivity (Wildman–Crippen MR) is 170 cm³/mol. The first kappa shape index (κ1) is 28.6. The summed E-state index contributed by atoms with van der Waals surface area (Å²) in [5.41, 5.74) is 5.59. The van der Waals surface area contributed by atoms with E-state index < -0.39 is 45.9 Å². The lowest BCUT2D eigenvalue weighted by atomic mass is 9.54. The van der Waals surface area contributed by atoms with Gasteiger partial charge in [0.2, 0.25) is 17.7 Å². The van der Waals surface area contributed by atoms with Crippen molar-refractivity contribution in [2.24, 2.45) is 11.8 Å². The van der Waals surface area contributed by atoms with Crippen LogP contribution in [0.3, 0.4) is 0 Å². The molecule has 1 aliphatic heterocycles. The molecule has 1 N–H and O–H groups in total. The van der Waals surface area contributed by atoms with Gasteiger partial charge < -0.3 is 10.1 Å². The molecule has 3 amide bonds. The summed E-state index contributed by atoms with van der Waals surface area (Å²) in [5, 5.41) is 2.81. The van der Waals surface area contributed by atoms with Crippen LogP contribution < -0.4 is 10.1 Å². The first-order valence-electron chi connectivity index (χ1n) is 14.7. The average molecular weight is 626 g/mol. The zero-order valence-electron chi connectivity index (χ0n) is 24.4. The van der Waals surface area contributed by atoms with Crippen molar-refractivity contribution in [3.63, 3.8) is 0 Å². The van der Waals surface area contributed by atoms with Crippen LogP contribution in [0.15, 0.2) is 91.0 Å². The van der Waals surface area contributed by atoms with E-state index in [9.17, 15) is 14.4 Å². The highest BCUT2D eigenvalue weighted by Gasteiger charge is 2.73. The highest BCUT2D eigenvalue weighted by Crippen LogP contribution is 2.69. The monoisotopic (exact) mass is 624 g/mol. The van der Waals surface area contributed by atoms with Crippen molar-refractivity contribution in [3.8, 4) is 11.5 Å². The minimum Gasteiger partial charge on any atom is -0.457 e. The molecule has 2 bridgehead atoms. The highest BCUT2D eigenvalue weighted by molar-refractivity contribution is 6.36. The minimum atomic E-state index is -1.28. The molecular weight excluding hydrogens is 595 g/mol. The number of ether oxygens (including phenoxy) is 1. The summed E-state index contributed by atoms with van der Waals surface area (Å²) in [6, 6.07) is 28.0. The quantitative estimate of drug-likeness (QED) is 0.179. The fraction of sp³-hybridized carbons (Fsp3) is 0.250.